The van der Waals surface area contributed by atoms with Gasteiger partial charge in [-0.25, -0.2) is 4.79 Å². The number of esters is 1. The molecule has 0 aliphatic carbocycles. The van der Waals surface area contributed by atoms with E-state index in [-0.39, 0.29) is 5.91 Å². The Balaban J connectivity index is 1.78. The van der Waals surface area contributed by atoms with Gasteiger partial charge in [0.15, 0.2) is 17.6 Å². The minimum Gasteiger partial charge on any atom is -0.486 e. The number of hydrogen-bond acceptors (Lipinski definition) is 5. The zero-order chi connectivity index (χ0) is 13.9. The van der Waals surface area contributed by atoms with Crippen LogP contribution in [-0.4, -0.2) is 37.7 Å². The van der Waals surface area contributed by atoms with E-state index in [1.807, 2.05) is 0 Å². The number of hydrogen-bond donors (Lipinski definition) is 1. The van der Waals surface area contributed by atoms with Gasteiger partial charge in [-0.05, 0) is 25.0 Å². The van der Waals surface area contributed by atoms with Gasteiger partial charge in [0.1, 0.15) is 18.8 Å². The van der Waals surface area contributed by atoms with Crippen LogP contribution in [0.3, 0.4) is 0 Å². The van der Waals surface area contributed by atoms with E-state index in [0.717, 1.165) is 6.42 Å². The summed E-state index contributed by atoms with van der Waals surface area (Å²) >= 11 is 0. The first-order chi connectivity index (χ1) is 9.75. The quantitative estimate of drug-likeness (QED) is 0.813. The molecule has 2 aliphatic rings. The fourth-order valence-electron chi connectivity index (χ4n) is 2.28. The Morgan fingerprint density at radius 3 is 3.00 bits per heavy atom. The van der Waals surface area contributed by atoms with Gasteiger partial charge < -0.3 is 19.5 Å². The third-order valence-electron chi connectivity index (χ3n) is 3.27. The van der Waals surface area contributed by atoms with Crippen molar-refractivity contribution in [2.24, 2.45) is 0 Å². The van der Waals surface area contributed by atoms with E-state index in [1.54, 1.807) is 18.2 Å². The predicted molar refractivity (Wildman–Crippen MR) is 68.9 cm³/mol. The monoisotopic (exact) mass is 277 g/mol. The van der Waals surface area contributed by atoms with E-state index in [4.69, 9.17) is 14.2 Å². The highest BCUT2D eigenvalue weighted by Gasteiger charge is 2.28. The minimum atomic E-state index is -0.725. The molecule has 1 aromatic rings. The second-order valence-electron chi connectivity index (χ2n) is 4.66. The zero-order valence-electron chi connectivity index (χ0n) is 10.9. The summed E-state index contributed by atoms with van der Waals surface area (Å²) in [6.45, 7) is 1.47. The summed E-state index contributed by atoms with van der Waals surface area (Å²) in [6, 6.07) is 5.04. The number of rotatable bonds is 2. The van der Waals surface area contributed by atoms with Crippen molar-refractivity contribution in [2.45, 2.75) is 18.9 Å². The molecule has 1 fully saturated rings. The van der Waals surface area contributed by atoms with Crippen molar-refractivity contribution in [3.8, 4) is 11.5 Å². The van der Waals surface area contributed by atoms with Crippen molar-refractivity contribution >= 4 is 11.9 Å². The summed E-state index contributed by atoms with van der Waals surface area (Å²) in [4.78, 5) is 23.8. The summed E-state index contributed by atoms with van der Waals surface area (Å²) in [6.07, 6.45) is 0.622. The largest absolute Gasteiger partial charge is 0.486 e. The van der Waals surface area contributed by atoms with E-state index in [0.29, 0.717) is 43.2 Å². The molecule has 0 aromatic heterocycles. The lowest BCUT2D eigenvalue weighted by molar-refractivity contribution is -0.132. The average molecular weight is 277 g/mol. The molecule has 2 aliphatic heterocycles. The van der Waals surface area contributed by atoms with Gasteiger partial charge in [0.25, 0.3) is 5.91 Å². The topological polar surface area (TPSA) is 73.9 Å². The molecule has 0 spiro atoms. The van der Waals surface area contributed by atoms with E-state index >= 15 is 0 Å². The predicted octanol–water partition coefficient (Wildman–Crippen LogP) is 0.893. The molecule has 6 nitrogen and oxygen atoms in total. The molecule has 1 saturated heterocycles. The van der Waals surface area contributed by atoms with Crippen molar-refractivity contribution in [1.82, 2.24) is 5.32 Å². The molecular formula is C14H15NO5. The SMILES string of the molecule is O=C(OC1CCCNC1=O)c1cccc2c1OCCO2. The van der Waals surface area contributed by atoms with Crippen molar-refractivity contribution in [3.05, 3.63) is 23.8 Å². The summed E-state index contributed by atoms with van der Waals surface area (Å²) in [5, 5.41) is 2.68. The number of piperidine rings is 1. The number of benzene rings is 1. The maximum absolute atomic E-state index is 12.2. The second kappa shape index (κ2) is 5.40. The lowest BCUT2D eigenvalue weighted by Gasteiger charge is -2.23. The molecule has 6 heteroatoms. The lowest BCUT2D eigenvalue weighted by Crippen LogP contribution is -2.42. The van der Waals surface area contributed by atoms with Crippen LogP contribution in [0.4, 0.5) is 0 Å². The van der Waals surface area contributed by atoms with Gasteiger partial charge in [-0.15, -0.1) is 0 Å². The lowest BCUT2D eigenvalue weighted by atomic mass is 10.1. The number of carbonyl (C=O) groups is 2. The second-order valence-corrected chi connectivity index (χ2v) is 4.66. The van der Waals surface area contributed by atoms with Gasteiger partial charge in [-0.2, -0.15) is 0 Å². The van der Waals surface area contributed by atoms with E-state index < -0.39 is 12.1 Å². The van der Waals surface area contributed by atoms with Gasteiger partial charge in [0.05, 0.1) is 0 Å². The number of nitrogens with one attached hydrogen (secondary N) is 1. The van der Waals surface area contributed by atoms with E-state index in [9.17, 15) is 9.59 Å². The Kier molecular flexibility index (Phi) is 3.45. The minimum absolute atomic E-state index is 0.244. The molecule has 1 unspecified atom stereocenters. The molecule has 106 valence electrons. The summed E-state index contributed by atoms with van der Waals surface area (Å²) < 4.78 is 16.1. The number of fused-ring (bicyclic) bond motifs is 1. The Labute approximate surface area is 116 Å². The van der Waals surface area contributed by atoms with Crippen LogP contribution in [0.2, 0.25) is 0 Å². The number of amides is 1. The normalized spacial score (nSPS) is 21.0. The Hall–Kier alpha value is -2.24. The summed E-state index contributed by atoms with van der Waals surface area (Å²) in [5.74, 6) is 0.111. The average Bonchev–Trinajstić information content (AvgIpc) is 2.49. The smallest absolute Gasteiger partial charge is 0.342 e. The van der Waals surface area contributed by atoms with Crippen LogP contribution < -0.4 is 14.8 Å². The summed E-state index contributed by atoms with van der Waals surface area (Å²) in [5.41, 5.74) is 0.292. The highest BCUT2D eigenvalue weighted by atomic mass is 16.6. The first-order valence-corrected chi connectivity index (χ1v) is 6.63. The molecule has 1 atom stereocenters. The van der Waals surface area contributed by atoms with E-state index in [1.165, 1.54) is 0 Å². The molecule has 2 heterocycles. The van der Waals surface area contributed by atoms with E-state index in [2.05, 4.69) is 5.32 Å². The molecule has 1 N–H and O–H groups in total. The molecular weight excluding hydrogens is 262 g/mol. The Bertz CT molecular complexity index is 542. The first-order valence-electron chi connectivity index (χ1n) is 6.63. The number of para-hydroxylation sites is 1. The molecule has 0 saturated carbocycles. The fourth-order valence-corrected chi connectivity index (χ4v) is 2.28. The zero-order valence-corrected chi connectivity index (χ0v) is 10.9. The summed E-state index contributed by atoms with van der Waals surface area (Å²) in [7, 11) is 0. The van der Waals surface area contributed by atoms with Crippen molar-refractivity contribution in [3.63, 3.8) is 0 Å². The molecule has 3 rings (SSSR count). The van der Waals surface area contributed by atoms with Crippen molar-refractivity contribution in [1.29, 1.82) is 0 Å². The third kappa shape index (κ3) is 2.41. The van der Waals surface area contributed by atoms with Crippen LogP contribution in [0.1, 0.15) is 23.2 Å². The van der Waals surface area contributed by atoms with Crippen LogP contribution in [0, 0.1) is 0 Å². The van der Waals surface area contributed by atoms with Gasteiger partial charge in [-0.1, -0.05) is 6.07 Å². The van der Waals surface area contributed by atoms with Crippen LogP contribution in [0.15, 0.2) is 18.2 Å². The first kappa shape index (κ1) is 12.8. The standard InChI is InChI=1S/C14H15NO5/c16-13-11(5-2-6-15-13)20-14(17)9-3-1-4-10-12(9)19-8-7-18-10/h1,3-4,11H,2,5-8H2,(H,15,16). The van der Waals surface area contributed by atoms with Crippen LogP contribution in [-0.2, 0) is 9.53 Å². The molecule has 20 heavy (non-hydrogen) atoms. The highest BCUT2D eigenvalue weighted by molar-refractivity contribution is 5.95. The number of ether oxygens (including phenoxy) is 3. The van der Waals surface area contributed by atoms with Crippen molar-refractivity contribution < 1.29 is 23.8 Å². The van der Waals surface area contributed by atoms with Gasteiger partial charge >= 0.3 is 5.97 Å². The molecule has 1 aromatic carbocycles. The maximum Gasteiger partial charge on any atom is 0.342 e. The van der Waals surface area contributed by atoms with Gasteiger partial charge in [0.2, 0.25) is 0 Å². The fraction of sp³-hybridized carbons (Fsp3) is 0.429. The maximum atomic E-state index is 12.2. The van der Waals surface area contributed by atoms with Crippen molar-refractivity contribution in [2.75, 3.05) is 19.8 Å². The molecule has 0 radical (unpaired) electrons. The number of carbonyl (C=O) groups excluding carboxylic acids is 2. The van der Waals surface area contributed by atoms with Crippen LogP contribution in [0.25, 0.3) is 0 Å². The molecule has 1 amide bonds. The highest BCUT2D eigenvalue weighted by Crippen LogP contribution is 2.34. The third-order valence-corrected chi connectivity index (χ3v) is 3.27. The molecule has 0 bridgehead atoms. The van der Waals surface area contributed by atoms with Gasteiger partial charge in [-0.3, -0.25) is 4.79 Å². The van der Waals surface area contributed by atoms with Crippen LogP contribution in [0.5, 0.6) is 11.5 Å². The Morgan fingerprint density at radius 2 is 2.15 bits per heavy atom. The Morgan fingerprint density at radius 1 is 1.30 bits per heavy atom. The van der Waals surface area contributed by atoms with Crippen LogP contribution >= 0.6 is 0 Å². The van der Waals surface area contributed by atoms with Gasteiger partial charge in [0, 0.05) is 6.54 Å².